The van der Waals surface area contributed by atoms with Gasteiger partial charge in [0.25, 0.3) is 0 Å². The van der Waals surface area contributed by atoms with Gasteiger partial charge >= 0.3 is 12.0 Å². The van der Waals surface area contributed by atoms with Crippen LogP contribution in [0.5, 0.6) is 29.3 Å². The Balaban J connectivity index is 1.21. The Kier molecular flexibility index (Phi) is 6.72. The van der Waals surface area contributed by atoms with E-state index in [1.54, 1.807) is 61.1 Å². The first-order valence-corrected chi connectivity index (χ1v) is 11.0. The van der Waals surface area contributed by atoms with Crippen LogP contribution in [-0.2, 0) is 6.61 Å². The Morgan fingerprint density at radius 2 is 1.31 bits per heavy atom. The molecule has 0 aliphatic carbocycles. The van der Waals surface area contributed by atoms with Gasteiger partial charge in [0.2, 0.25) is 0 Å². The van der Waals surface area contributed by atoms with E-state index in [0.717, 1.165) is 11.3 Å². The van der Waals surface area contributed by atoms with Crippen LogP contribution in [0.2, 0.25) is 0 Å². The SMILES string of the molecule is N#Cc1ccc(Oc2ncc(-c3ccnc(Oc4ccc(OCc5ccccc5)cc4)n3)cn2)cc1. The van der Waals surface area contributed by atoms with E-state index in [2.05, 4.69) is 26.0 Å². The summed E-state index contributed by atoms with van der Waals surface area (Å²) in [6.45, 7) is 0.492. The first kappa shape index (κ1) is 22.5. The third-order valence-corrected chi connectivity index (χ3v) is 5.03. The second-order valence-corrected chi connectivity index (χ2v) is 7.56. The fourth-order valence-corrected chi connectivity index (χ4v) is 3.21. The number of benzene rings is 3. The van der Waals surface area contributed by atoms with Crippen molar-refractivity contribution in [1.82, 2.24) is 19.9 Å². The highest BCUT2D eigenvalue weighted by Gasteiger charge is 2.08. The van der Waals surface area contributed by atoms with E-state index in [4.69, 9.17) is 19.5 Å². The summed E-state index contributed by atoms with van der Waals surface area (Å²) in [5.41, 5.74) is 2.93. The predicted octanol–water partition coefficient (Wildman–Crippen LogP) is 5.97. The van der Waals surface area contributed by atoms with Gasteiger partial charge in [-0.25, -0.2) is 15.0 Å². The van der Waals surface area contributed by atoms with Gasteiger partial charge < -0.3 is 14.2 Å². The molecule has 0 bridgehead atoms. The van der Waals surface area contributed by atoms with Crippen molar-refractivity contribution in [1.29, 1.82) is 5.26 Å². The maximum atomic E-state index is 8.89. The number of nitriles is 1. The molecule has 3 aromatic carbocycles. The van der Waals surface area contributed by atoms with Gasteiger partial charge in [0.05, 0.1) is 17.3 Å². The van der Waals surface area contributed by atoms with Crippen LogP contribution in [0.1, 0.15) is 11.1 Å². The predicted molar refractivity (Wildman–Crippen MR) is 132 cm³/mol. The van der Waals surface area contributed by atoms with Gasteiger partial charge in [-0.15, -0.1) is 0 Å². The molecule has 0 atom stereocenters. The van der Waals surface area contributed by atoms with E-state index >= 15 is 0 Å². The van der Waals surface area contributed by atoms with Crippen molar-refractivity contribution in [3.63, 3.8) is 0 Å². The van der Waals surface area contributed by atoms with E-state index in [1.807, 2.05) is 42.5 Å². The standard InChI is InChI=1S/C28H19N5O3/c29-16-20-6-8-24(9-7-20)35-27-31-17-22(18-32-27)26-14-15-30-28(33-26)36-25-12-10-23(11-13-25)34-19-21-4-2-1-3-5-21/h1-15,17-18H,19H2. The van der Waals surface area contributed by atoms with Crippen LogP contribution in [0.25, 0.3) is 11.3 Å². The maximum absolute atomic E-state index is 8.89. The second-order valence-electron chi connectivity index (χ2n) is 7.56. The Morgan fingerprint density at radius 1 is 0.667 bits per heavy atom. The van der Waals surface area contributed by atoms with Gasteiger partial charge in [0.1, 0.15) is 23.9 Å². The molecule has 5 rings (SSSR count). The lowest BCUT2D eigenvalue weighted by Gasteiger charge is -2.08. The molecule has 8 heteroatoms. The number of nitrogens with zero attached hydrogens (tertiary/aromatic N) is 5. The molecular formula is C28H19N5O3. The first-order valence-electron chi connectivity index (χ1n) is 11.0. The van der Waals surface area contributed by atoms with Gasteiger partial charge in [-0.05, 0) is 60.2 Å². The highest BCUT2D eigenvalue weighted by molar-refractivity contribution is 5.56. The first-order chi connectivity index (χ1) is 17.7. The normalized spacial score (nSPS) is 10.3. The minimum Gasteiger partial charge on any atom is -0.489 e. The number of hydrogen-bond donors (Lipinski definition) is 0. The van der Waals surface area contributed by atoms with E-state index in [0.29, 0.717) is 34.9 Å². The molecule has 174 valence electrons. The van der Waals surface area contributed by atoms with Crippen molar-refractivity contribution in [2.75, 3.05) is 0 Å². The van der Waals surface area contributed by atoms with Crippen molar-refractivity contribution in [3.05, 3.63) is 115 Å². The topological polar surface area (TPSA) is 103 Å². The van der Waals surface area contributed by atoms with E-state index < -0.39 is 0 Å². The summed E-state index contributed by atoms with van der Waals surface area (Å²) < 4.78 is 17.2. The van der Waals surface area contributed by atoms with Gasteiger partial charge in [-0.3, -0.25) is 0 Å². The molecule has 2 heterocycles. The third kappa shape index (κ3) is 5.79. The molecule has 2 aromatic heterocycles. The number of hydrogen-bond acceptors (Lipinski definition) is 8. The average molecular weight is 473 g/mol. The monoisotopic (exact) mass is 473 g/mol. The van der Waals surface area contributed by atoms with E-state index in [-0.39, 0.29) is 12.0 Å². The van der Waals surface area contributed by atoms with Crippen molar-refractivity contribution >= 4 is 0 Å². The molecule has 0 spiro atoms. The molecule has 0 aliphatic heterocycles. The minimum absolute atomic E-state index is 0.184. The summed E-state index contributed by atoms with van der Waals surface area (Å²) in [7, 11) is 0. The minimum atomic E-state index is 0.184. The van der Waals surface area contributed by atoms with Crippen LogP contribution in [-0.4, -0.2) is 19.9 Å². The molecule has 8 nitrogen and oxygen atoms in total. The molecular weight excluding hydrogens is 454 g/mol. The Hall–Kier alpha value is -5.29. The van der Waals surface area contributed by atoms with Crippen LogP contribution in [0.15, 0.2) is 104 Å². The van der Waals surface area contributed by atoms with Crippen LogP contribution < -0.4 is 14.2 Å². The summed E-state index contributed by atoms with van der Waals surface area (Å²) in [5, 5.41) is 8.89. The molecule has 0 N–H and O–H groups in total. The molecule has 0 aliphatic rings. The second kappa shape index (κ2) is 10.8. The van der Waals surface area contributed by atoms with Crippen LogP contribution in [0.3, 0.4) is 0 Å². The molecule has 5 aromatic rings. The Bertz CT molecular complexity index is 1470. The van der Waals surface area contributed by atoms with Crippen molar-refractivity contribution in [2.24, 2.45) is 0 Å². The number of aromatic nitrogens is 4. The molecule has 0 radical (unpaired) electrons. The number of rotatable bonds is 8. The quantitative estimate of drug-likeness (QED) is 0.272. The summed E-state index contributed by atoms with van der Waals surface area (Å²) in [6.07, 6.45) is 4.82. The smallest absolute Gasteiger partial charge is 0.322 e. The molecule has 0 amide bonds. The van der Waals surface area contributed by atoms with Crippen molar-refractivity contribution in [3.8, 4) is 46.6 Å². The van der Waals surface area contributed by atoms with E-state index in [9.17, 15) is 0 Å². The summed E-state index contributed by atoms with van der Waals surface area (Å²) in [4.78, 5) is 17.1. The zero-order chi connectivity index (χ0) is 24.6. The summed E-state index contributed by atoms with van der Waals surface area (Å²) in [6, 6.07) is 28.1. The van der Waals surface area contributed by atoms with Gasteiger partial charge in [-0.1, -0.05) is 30.3 Å². The Labute approximate surface area is 207 Å². The molecule has 0 saturated carbocycles. The zero-order valence-corrected chi connectivity index (χ0v) is 19.0. The van der Waals surface area contributed by atoms with Crippen LogP contribution in [0.4, 0.5) is 0 Å². The van der Waals surface area contributed by atoms with E-state index in [1.165, 1.54) is 0 Å². The summed E-state index contributed by atoms with van der Waals surface area (Å²) >= 11 is 0. The fourth-order valence-electron chi connectivity index (χ4n) is 3.21. The highest BCUT2D eigenvalue weighted by Crippen LogP contribution is 2.25. The lowest BCUT2D eigenvalue weighted by Crippen LogP contribution is -1.96. The van der Waals surface area contributed by atoms with Gasteiger partial charge in [-0.2, -0.15) is 10.2 Å². The van der Waals surface area contributed by atoms with Crippen LogP contribution >= 0.6 is 0 Å². The average Bonchev–Trinajstić information content (AvgIpc) is 2.94. The lowest BCUT2D eigenvalue weighted by molar-refractivity contribution is 0.305. The molecule has 0 unspecified atom stereocenters. The molecule has 0 saturated heterocycles. The fraction of sp³-hybridized carbons (Fsp3) is 0.0357. The molecule has 36 heavy (non-hydrogen) atoms. The maximum Gasteiger partial charge on any atom is 0.322 e. The largest absolute Gasteiger partial charge is 0.489 e. The van der Waals surface area contributed by atoms with Crippen molar-refractivity contribution in [2.45, 2.75) is 6.61 Å². The Morgan fingerprint density at radius 3 is 2.00 bits per heavy atom. The lowest BCUT2D eigenvalue weighted by atomic mass is 10.2. The summed E-state index contributed by atoms with van der Waals surface area (Å²) in [5.74, 6) is 1.86. The van der Waals surface area contributed by atoms with Gasteiger partial charge in [0.15, 0.2) is 0 Å². The highest BCUT2D eigenvalue weighted by atomic mass is 16.5. The number of ether oxygens (including phenoxy) is 3. The van der Waals surface area contributed by atoms with Crippen LogP contribution in [0, 0.1) is 11.3 Å². The third-order valence-electron chi connectivity index (χ3n) is 5.03. The molecule has 0 fully saturated rings. The van der Waals surface area contributed by atoms with Crippen molar-refractivity contribution < 1.29 is 14.2 Å². The zero-order valence-electron chi connectivity index (χ0n) is 19.0. The van der Waals surface area contributed by atoms with Gasteiger partial charge in [0, 0.05) is 24.2 Å².